The second-order valence-electron chi connectivity index (χ2n) is 5.97. The van der Waals surface area contributed by atoms with Crippen molar-refractivity contribution in [1.29, 1.82) is 0 Å². The summed E-state index contributed by atoms with van der Waals surface area (Å²) in [5.41, 5.74) is 1.74. The number of carbonyl (C=O) groups is 1. The number of nitrogens with zero attached hydrogens (tertiary/aromatic N) is 3. The molecular formula is C17H21ClN5O+. The first kappa shape index (κ1) is 16.7. The Hall–Kier alpha value is -2.18. The van der Waals surface area contributed by atoms with Gasteiger partial charge in [0, 0.05) is 23.1 Å². The normalized spacial score (nSPS) is 15.3. The van der Waals surface area contributed by atoms with Crippen LogP contribution in [0.2, 0.25) is 5.02 Å². The Morgan fingerprint density at radius 1 is 1.29 bits per heavy atom. The number of benzene rings is 1. The van der Waals surface area contributed by atoms with E-state index >= 15 is 0 Å². The topological polar surface area (TPSA) is 62.6 Å². The molecule has 0 saturated carbocycles. The summed E-state index contributed by atoms with van der Waals surface area (Å²) in [5.74, 6) is 0.768. The van der Waals surface area contributed by atoms with Gasteiger partial charge in [0.1, 0.15) is 0 Å². The largest absolute Gasteiger partial charge is 0.330 e. The molecule has 1 aliphatic heterocycles. The number of carbonyl (C=O) groups excluding carboxylic acids is 1. The Morgan fingerprint density at radius 2 is 2.00 bits per heavy atom. The van der Waals surface area contributed by atoms with Gasteiger partial charge in [0.2, 0.25) is 5.95 Å². The van der Waals surface area contributed by atoms with E-state index in [-0.39, 0.29) is 5.91 Å². The van der Waals surface area contributed by atoms with E-state index in [1.807, 2.05) is 25.1 Å². The maximum absolute atomic E-state index is 12.2. The van der Waals surface area contributed by atoms with Crippen LogP contribution in [0.1, 0.15) is 5.56 Å². The van der Waals surface area contributed by atoms with Crippen LogP contribution >= 0.6 is 11.6 Å². The number of amides is 1. The number of halogens is 1. The van der Waals surface area contributed by atoms with Crippen LogP contribution in [0, 0.1) is 6.92 Å². The summed E-state index contributed by atoms with van der Waals surface area (Å²) < 4.78 is 0. The molecule has 1 saturated heterocycles. The highest BCUT2D eigenvalue weighted by Crippen LogP contribution is 2.19. The predicted octanol–water partition coefficient (Wildman–Crippen LogP) is 0.782. The van der Waals surface area contributed by atoms with E-state index < -0.39 is 0 Å². The first-order valence-electron chi connectivity index (χ1n) is 8.03. The monoisotopic (exact) mass is 346 g/mol. The van der Waals surface area contributed by atoms with Crippen molar-refractivity contribution < 1.29 is 9.69 Å². The highest BCUT2D eigenvalue weighted by atomic mass is 35.5. The summed E-state index contributed by atoms with van der Waals surface area (Å²) in [6.45, 7) is 5.87. The average Bonchev–Trinajstić information content (AvgIpc) is 2.59. The van der Waals surface area contributed by atoms with Crippen LogP contribution in [-0.4, -0.2) is 48.6 Å². The summed E-state index contributed by atoms with van der Waals surface area (Å²) in [5, 5.41) is 3.58. The molecule has 6 nitrogen and oxygen atoms in total. The average molecular weight is 347 g/mol. The Morgan fingerprint density at radius 3 is 2.67 bits per heavy atom. The lowest BCUT2D eigenvalue weighted by atomic mass is 10.2. The zero-order valence-corrected chi connectivity index (χ0v) is 14.4. The fourth-order valence-corrected chi connectivity index (χ4v) is 2.94. The molecular weight excluding hydrogens is 326 g/mol. The Labute approximate surface area is 146 Å². The van der Waals surface area contributed by atoms with Gasteiger partial charge < -0.3 is 15.1 Å². The summed E-state index contributed by atoms with van der Waals surface area (Å²) in [7, 11) is 0. The first-order chi connectivity index (χ1) is 11.6. The Balaban J connectivity index is 1.49. The predicted molar refractivity (Wildman–Crippen MR) is 94.6 cm³/mol. The van der Waals surface area contributed by atoms with E-state index in [1.165, 1.54) is 4.90 Å². The highest BCUT2D eigenvalue weighted by molar-refractivity contribution is 6.31. The molecule has 3 rings (SSSR count). The maximum Gasteiger partial charge on any atom is 0.279 e. The van der Waals surface area contributed by atoms with Crippen molar-refractivity contribution in [3.63, 3.8) is 0 Å². The molecule has 2 aromatic rings. The second-order valence-corrected chi connectivity index (χ2v) is 6.38. The number of hydrogen-bond acceptors (Lipinski definition) is 4. The van der Waals surface area contributed by atoms with Gasteiger partial charge in [0.25, 0.3) is 5.91 Å². The molecule has 1 aromatic heterocycles. The lowest BCUT2D eigenvalue weighted by Crippen LogP contribution is -3.15. The second kappa shape index (κ2) is 7.59. The Bertz CT molecular complexity index is 701. The molecule has 0 spiro atoms. The van der Waals surface area contributed by atoms with Crippen LogP contribution in [-0.2, 0) is 4.79 Å². The third kappa shape index (κ3) is 4.21. The van der Waals surface area contributed by atoms with Gasteiger partial charge in [-0.2, -0.15) is 0 Å². The molecule has 24 heavy (non-hydrogen) atoms. The number of nitrogens with one attached hydrogen (secondary N) is 2. The number of aromatic nitrogens is 2. The van der Waals surface area contributed by atoms with E-state index in [1.54, 1.807) is 18.5 Å². The summed E-state index contributed by atoms with van der Waals surface area (Å²) in [6.07, 6.45) is 3.50. The van der Waals surface area contributed by atoms with Gasteiger partial charge >= 0.3 is 0 Å². The van der Waals surface area contributed by atoms with Gasteiger partial charge in [-0.15, -0.1) is 0 Å². The number of aryl methyl sites for hydroxylation is 1. The summed E-state index contributed by atoms with van der Waals surface area (Å²) in [6, 6.07) is 7.38. The number of anilines is 2. The van der Waals surface area contributed by atoms with E-state index in [4.69, 9.17) is 11.6 Å². The van der Waals surface area contributed by atoms with E-state index in [9.17, 15) is 4.79 Å². The number of piperazine rings is 1. The zero-order chi connectivity index (χ0) is 16.9. The molecule has 7 heteroatoms. The molecule has 0 bridgehead atoms. The van der Waals surface area contributed by atoms with Crippen molar-refractivity contribution in [3.8, 4) is 0 Å². The molecule has 0 atom stereocenters. The van der Waals surface area contributed by atoms with E-state index in [2.05, 4.69) is 20.2 Å². The minimum atomic E-state index is 0.00864. The van der Waals surface area contributed by atoms with Crippen molar-refractivity contribution >= 4 is 29.1 Å². The van der Waals surface area contributed by atoms with Crippen LogP contribution in [0.3, 0.4) is 0 Å². The lowest BCUT2D eigenvalue weighted by molar-refractivity contribution is -0.892. The number of quaternary nitrogens is 1. The lowest BCUT2D eigenvalue weighted by Gasteiger charge is -2.31. The van der Waals surface area contributed by atoms with Crippen molar-refractivity contribution in [3.05, 3.63) is 47.2 Å². The van der Waals surface area contributed by atoms with Crippen molar-refractivity contribution in [1.82, 2.24) is 9.97 Å². The SMILES string of the molecule is Cc1ccc(NC(=O)C[NH+]2CCN(c3ncccn3)CC2)cc1Cl. The molecule has 2 N–H and O–H groups in total. The molecule has 0 unspecified atom stereocenters. The standard InChI is InChI=1S/C17H20ClN5O/c1-13-3-4-14(11-15(13)18)21-16(24)12-22-7-9-23(10-8-22)17-19-5-2-6-20-17/h2-6,11H,7-10,12H2,1H3,(H,21,24)/p+1. The van der Waals surface area contributed by atoms with Gasteiger partial charge in [-0.1, -0.05) is 17.7 Å². The maximum atomic E-state index is 12.2. The molecule has 2 heterocycles. The van der Waals surface area contributed by atoms with Gasteiger partial charge in [-0.3, -0.25) is 4.79 Å². The van der Waals surface area contributed by atoms with E-state index in [0.717, 1.165) is 43.4 Å². The fraction of sp³-hybridized carbons (Fsp3) is 0.353. The van der Waals surface area contributed by atoms with Gasteiger partial charge in [0.15, 0.2) is 6.54 Å². The van der Waals surface area contributed by atoms with Crippen molar-refractivity contribution in [2.24, 2.45) is 0 Å². The number of hydrogen-bond donors (Lipinski definition) is 2. The fourth-order valence-electron chi connectivity index (χ4n) is 2.76. The number of rotatable bonds is 4. The van der Waals surface area contributed by atoms with Crippen LogP contribution in [0.5, 0.6) is 0 Å². The zero-order valence-electron chi connectivity index (χ0n) is 13.6. The smallest absolute Gasteiger partial charge is 0.279 e. The van der Waals surface area contributed by atoms with Crippen LogP contribution in [0.25, 0.3) is 0 Å². The van der Waals surface area contributed by atoms with Crippen molar-refractivity contribution in [2.75, 3.05) is 42.9 Å². The van der Waals surface area contributed by atoms with Crippen LogP contribution in [0.15, 0.2) is 36.7 Å². The van der Waals surface area contributed by atoms with E-state index in [0.29, 0.717) is 11.6 Å². The minimum Gasteiger partial charge on any atom is -0.330 e. The molecule has 1 aliphatic rings. The third-order valence-corrected chi connectivity index (χ3v) is 4.58. The molecule has 1 amide bonds. The van der Waals surface area contributed by atoms with Crippen molar-refractivity contribution in [2.45, 2.75) is 6.92 Å². The van der Waals surface area contributed by atoms with Crippen LogP contribution in [0.4, 0.5) is 11.6 Å². The summed E-state index contributed by atoms with van der Waals surface area (Å²) >= 11 is 6.09. The molecule has 126 valence electrons. The Kier molecular flexibility index (Phi) is 5.27. The molecule has 0 aliphatic carbocycles. The third-order valence-electron chi connectivity index (χ3n) is 4.17. The molecule has 1 aromatic carbocycles. The van der Waals surface area contributed by atoms with Crippen LogP contribution < -0.4 is 15.1 Å². The quantitative estimate of drug-likeness (QED) is 0.859. The first-order valence-corrected chi connectivity index (χ1v) is 8.41. The minimum absolute atomic E-state index is 0.00864. The van der Waals surface area contributed by atoms with Gasteiger partial charge in [-0.05, 0) is 30.7 Å². The highest BCUT2D eigenvalue weighted by Gasteiger charge is 2.23. The molecule has 1 fully saturated rings. The summed E-state index contributed by atoms with van der Waals surface area (Å²) in [4.78, 5) is 24.2. The molecule has 0 radical (unpaired) electrons. The van der Waals surface area contributed by atoms with Gasteiger partial charge in [-0.25, -0.2) is 9.97 Å². The van der Waals surface area contributed by atoms with Gasteiger partial charge in [0.05, 0.1) is 26.2 Å².